The number of nitrogens with one attached hydrogen (secondary N) is 1. The highest BCUT2D eigenvalue weighted by molar-refractivity contribution is 6.02. The quantitative estimate of drug-likeness (QED) is 0.694. The molecule has 3 aromatic rings. The topological polar surface area (TPSA) is 75.6 Å². The Labute approximate surface area is 151 Å². The van der Waals surface area contributed by atoms with Gasteiger partial charge in [0.25, 0.3) is 5.91 Å². The third-order valence-electron chi connectivity index (χ3n) is 4.18. The van der Waals surface area contributed by atoms with E-state index >= 15 is 0 Å². The molecule has 0 saturated carbocycles. The van der Waals surface area contributed by atoms with Crippen LogP contribution in [-0.4, -0.2) is 30.1 Å². The average Bonchev–Trinajstić information content (AvgIpc) is 2.67. The summed E-state index contributed by atoms with van der Waals surface area (Å²) in [5.41, 5.74) is 1.01. The fourth-order valence-electron chi connectivity index (χ4n) is 2.83. The summed E-state index contributed by atoms with van der Waals surface area (Å²) in [6, 6.07) is 19.1. The van der Waals surface area contributed by atoms with E-state index in [0.717, 1.165) is 16.3 Å². The van der Waals surface area contributed by atoms with Crippen molar-refractivity contribution in [2.75, 3.05) is 7.11 Å². The van der Waals surface area contributed by atoms with Gasteiger partial charge >= 0.3 is 5.97 Å². The molecule has 0 aliphatic heterocycles. The monoisotopic (exact) mass is 349 g/mol. The van der Waals surface area contributed by atoms with Gasteiger partial charge < -0.3 is 15.2 Å². The van der Waals surface area contributed by atoms with E-state index < -0.39 is 17.9 Å². The largest absolute Gasteiger partial charge is 0.507 e. The van der Waals surface area contributed by atoms with Gasteiger partial charge in [0.1, 0.15) is 11.8 Å². The van der Waals surface area contributed by atoms with E-state index in [1.54, 1.807) is 6.07 Å². The highest BCUT2D eigenvalue weighted by atomic mass is 16.5. The number of benzene rings is 3. The third-order valence-corrected chi connectivity index (χ3v) is 4.18. The number of fused-ring (bicyclic) bond motifs is 1. The minimum absolute atomic E-state index is 0.116. The molecule has 132 valence electrons. The van der Waals surface area contributed by atoms with Crippen molar-refractivity contribution in [2.24, 2.45) is 0 Å². The zero-order valence-corrected chi connectivity index (χ0v) is 14.3. The molecule has 0 fully saturated rings. The van der Waals surface area contributed by atoms with Crippen LogP contribution in [0.5, 0.6) is 5.75 Å². The first-order chi connectivity index (χ1) is 12.6. The van der Waals surface area contributed by atoms with Gasteiger partial charge in [-0.1, -0.05) is 54.6 Å². The Balaban J connectivity index is 1.85. The van der Waals surface area contributed by atoms with Crippen LogP contribution in [0.15, 0.2) is 66.7 Å². The first-order valence-electron chi connectivity index (χ1n) is 8.23. The molecule has 0 saturated heterocycles. The fraction of sp³-hybridized carbons (Fsp3) is 0.143. The summed E-state index contributed by atoms with van der Waals surface area (Å²) in [5.74, 6) is -1.20. The first-order valence-corrected chi connectivity index (χ1v) is 8.23. The molecule has 0 heterocycles. The van der Waals surface area contributed by atoms with E-state index in [2.05, 4.69) is 5.32 Å². The summed E-state index contributed by atoms with van der Waals surface area (Å²) in [6.07, 6.45) is 0.299. The van der Waals surface area contributed by atoms with E-state index in [1.807, 2.05) is 54.6 Å². The molecular weight excluding hydrogens is 330 g/mol. The molecule has 0 aromatic heterocycles. The maximum atomic E-state index is 12.7. The molecule has 0 unspecified atom stereocenters. The maximum Gasteiger partial charge on any atom is 0.328 e. The molecule has 5 nitrogen and oxygen atoms in total. The van der Waals surface area contributed by atoms with Crippen molar-refractivity contribution in [3.63, 3.8) is 0 Å². The minimum atomic E-state index is -0.847. The second-order valence-electron chi connectivity index (χ2n) is 5.96. The van der Waals surface area contributed by atoms with E-state index in [4.69, 9.17) is 4.74 Å². The number of esters is 1. The highest BCUT2D eigenvalue weighted by Gasteiger charge is 2.24. The lowest BCUT2D eigenvalue weighted by atomic mass is 10.0. The number of carbonyl (C=O) groups is 2. The SMILES string of the molecule is COC(=O)[C@H](Cc1ccccc1)NC(=O)c1cc2ccccc2cc1O. The summed E-state index contributed by atoms with van der Waals surface area (Å²) >= 11 is 0. The van der Waals surface area contributed by atoms with E-state index in [-0.39, 0.29) is 11.3 Å². The van der Waals surface area contributed by atoms with Crippen LogP contribution in [0.2, 0.25) is 0 Å². The summed E-state index contributed by atoms with van der Waals surface area (Å²) < 4.78 is 4.81. The number of rotatable bonds is 5. The molecule has 0 aliphatic rings. The van der Waals surface area contributed by atoms with Crippen molar-refractivity contribution in [1.82, 2.24) is 5.32 Å². The van der Waals surface area contributed by atoms with Crippen molar-refractivity contribution in [2.45, 2.75) is 12.5 Å². The standard InChI is InChI=1S/C21H19NO4/c1-26-21(25)18(11-14-7-3-2-4-8-14)22-20(24)17-12-15-9-5-6-10-16(15)13-19(17)23/h2-10,12-13,18,23H,11H2,1H3,(H,22,24)/t18-/m0/s1. The molecule has 0 radical (unpaired) electrons. The zero-order valence-electron chi connectivity index (χ0n) is 14.3. The molecule has 3 rings (SSSR count). The number of aromatic hydroxyl groups is 1. The second-order valence-corrected chi connectivity index (χ2v) is 5.96. The molecule has 0 bridgehead atoms. The lowest BCUT2D eigenvalue weighted by Gasteiger charge is -2.17. The third kappa shape index (κ3) is 3.83. The van der Waals surface area contributed by atoms with Gasteiger partial charge in [-0.2, -0.15) is 0 Å². The van der Waals surface area contributed by atoms with Crippen LogP contribution < -0.4 is 5.32 Å². The Morgan fingerprint density at radius 3 is 2.27 bits per heavy atom. The molecule has 1 atom stereocenters. The van der Waals surface area contributed by atoms with Crippen LogP contribution in [0.3, 0.4) is 0 Å². The smallest absolute Gasteiger partial charge is 0.328 e. The molecule has 2 N–H and O–H groups in total. The van der Waals surface area contributed by atoms with Gasteiger partial charge in [-0.05, 0) is 28.5 Å². The van der Waals surface area contributed by atoms with E-state index in [1.165, 1.54) is 13.2 Å². The van der Waals surface area contributed by atoms with Gasteiger partial charge in [-0.3, -0.25) is 4.79 Å². The van der Waals surface area contributed by atoms with Crippen LogP contribution in [0.1, 0.15) is 15.9 Å². The van der Waals surface area contributed by atoms with Crippen LogP contribution >= 0.6 is 0 Å². The van der Waals surface area contributed by atoms with Crippen LogP contribution in [-0.2, 0) is 16.0 Å². The van der Waals surface area contributed by atoms with Crippen molar-refractivity contribution in [3.05, 3.63) is 77.9 Å². The number of phenolic OH excluding ortho intramolecular Hbond substituents is 1. The number of amides is 1. The molecule has 26 heavy (non-hydrogen) atoms. The van der Waals surface area contributed by atoms with Gasteiger partial charge in [0, 0.05) is 6.42 Å². The molecule has 5 heteroatoms. The molecule has 3 aromatic carbocycles. The van der Waals surface area contributed by atoms with Crippen molar-refractivity contribution in [1.29, 1.82) is 0 Å². The Bertz CT molecular complexity index is 937. The van der Waals surface area contributed by atoms with Crippen molar-refractivity contribution >= 4 is 22.6 Å². The summed E-state index contributed by atoms with van der Waals surface area (Å²) in [7, 11) is 1.28. The molecule has 1 amide bonds. The lowest BCUT2D eigenvalue weighted by molar-refractivity contribution is -0.142. The molecule has 0 spiro atoms. The number of carbonyl (C=O) groups excluding carboxylic acids is 2. The van der Waals surface area contributed by atoms with Crippen molar-refractivity contribution in [3.8, 4) is 5.75 Å². The predicted octanol–water partition coefficient (Wildman–Crippen LogP) is 3.06. The minimum Gasteiger partial charge on any atom is -0.507 e. The number of ether oxygens (including phenoxy) is 1. The Hall–Kier alpha value is -3.34. The number of hydrogen-bond acceptors (Lipinski definition) is 4. The maximum absolute atomic E-state index is 12.7. The second kappa shape index (κ2) is 7.70. The van der Waals surface area contributed by atoms with Gasteiger partial charge in [0.15, 0.2) is 0 Å². The summed E-state index contributed by atoms with van der Waals surface area (Å²) in [6.45, 7) is 0. The first kappa shape index (κ1) is 17.5. The van der Waals surface area contributed by atoms with Gasteiger partial charge in [-0.25, -0.2) is 4.79 Å². The average molecular weight is 349 g/mol. The Morgan fingerprint density at radius 2 is 1.62 bits per heavy atom. The Morgan fingerprint density at radius 1 is 1.00 bits per heavy atom. The van der Waals surface area contributed by atoms with E-state index in [0.29, 0.717) is 6.42 Å². The number of phenols is 1. The highest BCUT2D eigenvalue weighted by Crippen LogP contribution is 2.25. The Kier molecular flexibility index (Phi) is 5.17. The fourth-order valence-corrected chi connectivity index (χ4v) is 2.83. The van der Waals surface area contributed by atoms with E-state index in [9.17, 15) is 14.7 Å². The van der Waals surface area contributed by atoms with Gasteiger partial charge in [-0.15, -0.1) is 0 Å². The lowest BCUT2D eigenvalue weighted by Crippen LogP contribution is -2.43. The summed E-state index contributed by atoms with van der Waals surface area (Å²) in [5, 5.41) is 14.5. The van der Waals surface area contributed by atoms with Gasteiger partial charge in [0.05, 0.1) is 12.7 Å². The molecular formula is C21H19NO4. The normalized spacial score (nSPS) is 11.7. The number of hydrogen-bond donors (Lipinski definition) is 2. The van der Waals surface area contributed by atoms with Crippen LogP contribution in [0, 0.1) is 0 Å². The van der Waals surface area contributed by atoms with Crippen LogP contribution in [0.4, 0.5) is 0 Å². The zero-order chi connectivity index (χ0) is 18.5. The molecule has 0 aliphatic carbocycles. The van der Waals surface area contributed by atoms with Gasteiger partial charge in [0.2, 0.25) is 0 Å². The summed E-state index contributed by atoms with van der Waals surface area (Å²) in [4.78, 5) is 24.7. The predicted molar refractivity (Wildman–Crippen MR) is 99.0 cm³/mol. The van der Waals surface area contributed by atoms with Crippen LogP contribution in [0.25, 0.3) is 10.8 Å². The number of methoxy groups -OCH3 is 1. The van der Waals surface area contributed by atoms with Crippen molar-refractivity contribution < 1.29 is 19.4 Å².